The van der Waals surface area contributed by atoms with E-state index in [4.69, 9.17) is 11.5 Å². The molecule has 1 saturated carbocycles. The maximum Gasteiger partial charge on any atom is 0.237 e. The Hall–Kier alpha value is -0.610. The second-order valence-corrected chi connectivity index (χ2v) is 4.52. The number of carbonyl (C=O) groups excluding carboxylic acids is 1. The summed E-state index contributed by atoms with van der Waals surface area (Å²) in [4.78, 5) is 11.6. The predicted molar refractivity (Wildman–Crippen MR) is 61.3 cm³/mol. The van der Waals surface area contributed by atoms with Crippen LogP contribution in [-0.2, 0) is 4.79 Å². The highest BCUT2D eigenvalue weighted by atomic mass is 16.2. The molecule has 0 heterocycles. The van der Waals surface area contributed by atoms with E-state index in [2.05, 4.69) is 5.32 Å². The molecule has 1 amide bonds. The highest BCUT2D eigenvalue weighted by Gasteiger charge is 2.21. The Bertz CT molecular complexity index is 200. The van der Waals surface area contributed by atoms with Gasteiger partial charge in [-0.25, -0.2) is 0 Å². The molecule has 0 aromatic heterocycles. The lowest BCUT2D eigenvalue weighted by Gasteiger charge is -2.27. The van der Waals surface area contributed by atoms with Crippen LogP contribution < -0.4 is 16.8 Å². The van der Waals surface area contributed by atoms with Gasteiger partial charge in [-0.05, 0) is 32.1 Å². The number of hydrogen-bond acceptors (Lipinski definition) is 3. The normalized spacial score (nSPS) is 28.5. The quantitative estimate of drug-likeness (QED) is 0.636. The second-order valence-electron chi connectivity index (χ2n) is 4.52. The van der Waals surface area contributed by atoms with Crippen LogP contribution in [0.25, 0.3) is 0 Å². The molecule has 0 bridgehead atoms. The Labute approximate surface area is 91.8 Å². The van der Waals surface area contributed by atoms with Crippen LogP contribution in [0.1, 0.15) is 45.4 Å². The van der Waals surface area contributed by atoms with Crippen molar-refractivity contribution < 1.29 is 4.79 Å². The van der Waals surface area contributed by atoms with Crippen LogP contribution in [0.4, 0.5) is 0 Å². The molecule has 1 fully saturated rings. The van der Waals surface area contributed by atoms with Crippen LogP contribution in [-0.4, -0.2) is 24.0 Å². The van der Waals surface area contributed by atoms with Crippen molar-refractivity contribution in [3.8, 4) is 0 Å². The van der Waals surface area contributed by atoms with Gasteiger partial charge in [0.25, 0.3) is 0 Å². The van der Waals surface area contributed by atoms with Crippen molar-refractivity contribution in [2.75, 3.05) is 0 Å². The number of amides is 1. The van der Waals surface area contributed by atoms with E-state index in [9.17, 15) is 4.79 Å². The summed E-state index contributed by atoms with van der Waals surface area (Å²) in [5, 5.41) is 3.00. The average Bonchev–Trinajstić information content (AvgIpc) is 2.22. The van der Waals surface area contributed by atoms with E-state index < -0.39 is 0 Å². The Balaban J connectivity index is 2.25. The van der Waals surface area contributed by atoms with Crippen molar-refractivity contribution in [2.24, 2.45) is 11.5 Å². The first-order chi connectivity index (χ1) is 7.13. The fraction of sp³-hybridized carbons (Fsp3) is 0.909. The first kappa shape index (κ1) is 12.5. The maximum absolute atomic E-state index is 11.6. The lowest BCUT2D eigenvalue weighted by Crippen LogP contribution is -2.47. The van der Waals surface area contributed by atoms with E-state index in [1.54, 1.807) is 0 Å². The van der Waals surface area contributed by atoms with Crippen LogP contribution >= 0.6 is 0 Å². The topological polar surface area (TPSA) is 81.1 Å². The molecule has 1 rings (SSSR count). The number of rotatable bonds is 4. The molecule has 1 atom stereocenters. The molecule has 4 heteroatoms. The Kier molecular flexibility index (Phi) is 5.05. The Morgan fingerprint density at radius 2 is 2.00 bits per heavy atom. The van der Waals surface area contributed by atoms with Crippen molar-refractivity contribution in [1.82, 2.24) is 5.32 Å². The van der Waals surface area contributed by atoms with Crippen LogP contribution in [0.3, 0.4) is 0 Å². The molecule has 15 heavy (non-hydrogen) atoms. The van der Waals surface area contributed by atoms with E-state index in [1.807, 2.05) is 6.92 Å². The minimum Gasteiger partial charge on any atom is -0.352 e. The second kappa shape index (κ2) is 6.08. The van der Waals surface area contributed by atoms with Crippen LogP contribution in [0.15, 0.2) is 0 Å². The Morgan fingerprint density at radius 3 is 2.53 bits per heavy atom. The largest absolute Gasteiger partial charge is 0.352 e. The van der Waals surface area contributed by atoms with E-state index in [1.165, 1.54) is 0 Å². The lowest BCUT2D eigenvalue weighted by molar-refractivity contribution is -0.123. The molecule has 4 nitrogen and oxygen atoms in total. The summed E-state index contributed by atoms with van der Waals surface area (Å²) in [6.45, 7) is 2.03. The van der Waals surface area contributed by atoms with Gasteiger partial charge in [0.1, 0.15) is 0 Å². The zero-order chi connectivity index (χ0) is 11.3. The van der Waals surface area contributed by atoms with Crippen molar-refractivity contribution in [2.45, 2.75) is 63.6 Å². The van der Waals surface area contributed by atoms with Gasteiger partial charge in [0.05, 0.1) is 6.04 Å². The van der Waals surface area contributed by atoms with Crippen LogP contribution in [0.5, 0.6) is 0 Å². The van der Waals surface area contributed by atoms with Crippen LogP contribution in [0.2, 0.25) is 0 Å². The first-order valence-corrected chi connectivity index (χ1v) is 5.95. The van der Waals surface area contributed by atoms with E-state index in [-0.39, 0.29) is 11.9 Å². The smallest absolute Gasteiger partial charge is 0.237 e. The summed E-state index contributed by atoms with van der Waals surface area (Å²) < 4.78 is 0. The molecule has 1 aliphatic carbocycles. The average molecular weight is 213 g/mol. The number of carbonyl (C=O) groups is 1. The van der Waals surface area contributed by atoms with Crippen molar-refractivity contribution in [3.05, 3.63) is 0 Å². The van der Waals surface area contributed by atoms with Crippen LogP contribution in [0, 0.1) is 0 Å². The zero-order valence-corrected chi connectivity index (χ0v) is 9.54. The van der Waals surface area contributed by atoms with E-state index >= 15 is 0 Å². The van der Waals surface area contributed by atoms with Gasteiger partial charge in [0.15, 0.2) is 0 Å². The molecule has 0 aromatic rings. The fourth-order valence-corrected chi connectivity index (χ4v) is 2.01. The highest BCUT2D eigenvalue weighted by Crippen LogP contribution is 2.16. The summed E-state index contributed by atoms with van der Waals surface area (Å²) in [6, 6.07) is 0.272. The third-order valence-electron chi connectivity index (χ3n) is 3.05. The van der Waals surface area contributed by atoms with Gasteiger partial charge in [0, 0.05) is 12.1 Å². The van der Waals surface area contributed by atoms with Gasteiger partial charge >= 0.3 is 0 Å². The van der Waals surface area contributed by atoms with Crippen molar-refractivity contribution >= 4 is 5.91 Å². The molecule has 0 spiro atoms. The molecule has 0 aliphatic heterocycles. The summed E-state index contributed by atoms with van der Waals surface area (Å²) in [7, 11) is 0. The Morgan fingerprint density at radius 1 is 1.40 bits per heavy atom. The van der Waals surface area contributed by atoms with Gasteiger partial charge in [-0.1, -0.05) is 13.3 Å². The molecular formula is C11H23N3O. The highest BCUT2D eigenvalue weighted by molar-refractivity contribution is 5.81. The lowest BCUT2D eigenvalue weighted by atomic mass is 9.91. The molecular weight excluding hydrogens is 190 g/mol. The minimum atomic E-state index is -0.342. The van der Waals surface area contributed by atoms with Gasteiger partial charge in [0.2, 0.25) is 5.91 Å². The first-order valence-electron chi connectivity index (χ1n) is 5.95. The number of nitrogens with one attached hydrogen (secondary N) is 1. The summed E-state index contributed by atoms with van der Waals surface area (Å²) in [5.41, 5.74) is 11.5. The molecule has 5 N–H and O–H groups in total. The van der Waals surface area contributed by atoms with Gasteiger partial charge in [-0.3, -0.25) is 4.79 Å². The standard InChI is InChI=1S/C11H23N3O/c1-2-3-10(13)11(15)14-9-6-4-8(12)5-7-9/h8-10H,2-7,12-13H2,1H3,(H,14,15)/t8?,9?,10-/m1/s1. The number of nitrogens with two attached hydrogens (primary N) is 2. The van der Waals surface area contributed by atoms with Gasteiger partial charge < -0.3 is 16.8 Å². The SMILES string of the molecule is CCC[C@@H](N)C(=O)NC1CCC(N)CC1. The third-order valence-corrected chi connectivity index (χ3v) is 3.05. The zero-order valence-electron chi connectivity index (χ0n) is 9.54. The van der Waals surface area contributed by atoms with E-state index in [0.29, 0.717) is 12.1 Å². The maximum atomic E-state index is 11.6. The van der Waals surface area contributed by atoms with Gasteiger partial charge in [-0.2, -0.15) is 0 Å². The molecule has 0 aromatic carbocycles. The molecule has 88 valence electrons. The monoisotopic (exact) mass is 213 g/mol. The van der Waals surface area contributed by atoms with E-state index in [0.717, 1.165) is 38.5 Å². The van der Waals surface area contributed by atoms with Gasteiger partial charge in [-0.15, -0.1) is 0 Å². The molecule has 0 radical (unpaired) electrons. The molecule has 0 unspecified atom stereocenters. The van der Waals surface area contributed by atoms with Crippen molar-refractivity contribution in [1.29, 1.82) is 0 Å². The predicted octanol–water partition coefficient (Wildman–Crippen LogP) is 0.500. The van der Waals surface area contributed by atoms with Crippen molar-refractivity contribution in [3.63, 3.8) is 0 Å². The number of hydrogen-bond donors (Lipinski definition) is 3. The fourth-order valence-electron chi connectivity index (χ4n) is 2.01. The summed E-state index contributed by atoms with van der Waals surface area (Å²) in [6.07, 6.45) is 5.71. The third kappa shape index (κ3) is 4.18. The minimum absolute atomic E-state index is 0.00248. The summed E-state index contributed by atoms with van der Waals surface area (Å²) >= 11 is 0. The molecule has 0 saturated heterocycles. The molecule has 1 aliphatic rings. The summed E-state index contributed by atoms with van der Waals surface area (Å²) in [5.74, 6) is -0.00248.